The first-order valence-electron chi connectivity index (χ1n) is 5.92. The molecule has 0 aromatic heterocycles. The summed E-state index contributed by atoms with van der Waals surface area (Å²) >= 11 is 1.67. The molecule has 2 nitrogen and oxygen atoms in total. The Morgan fingerprint density at radius 1 is 1.35 bits per heavy atom. The summed E-state index contributed by atoms with van der Waals surface area (Å²) in [6.07, 6.45) is 0.115. The molecule has 0 aliphatic carbocycles. The van der Waals surface area contributed by atoms with E-state index in [0.717, 1.165) is 10.6 Å². The molecule has 92 valence electrons. The van der Waals surface area contributed by atoms with Gasteiger partial charge >= 0.3 is 0 Å². The maximum Gasteiger partial charge on any atom is 0.138 e. The lowest BCUT2D eigenvalue weighted by atomic mass is 10.1. The lowest BCUT2D eigenvalue weighted by molar-refractivity contribution is 0.169. The highest BCUT2D eigenvalue weighted by atomic mass is 32.2. The van der Waals surface area contributed by atoms with Gasteiger partial charge in [-0.1, -0.05) is 26.8 Å². The molecule has 0 fully saturated rings. The number of nitrogens with zero attached hydrogens (tertiary/aromatic N) is 1. The number of hydrogen-bond donors (Lipinski definition) is 0. The van der Waals surface area contributed by atoms with Crippen molar-refractivity contribution in [2.45, 2.75) is 38.7 Å². The van der Waals surface area contributed by atoms with Gasteiger partial charge in [-0.05, 0) is 30.7 Å². The highest BCUT2D eigenvalue weighted by Crippen LogP contribution is 2.30. The predicted octanol–water partition coefficient (Wildman–Crippen LogP) is 4.09. The Morgan fingerprint density at radius 3 is 2.59 bits per heavy atom. The van der Waals surface area contributed by atoms with E-state index < -0.39 is 0 Å². The molecule has 1 aromatic carbocycles. The predicted molar refractivity (Wildman–Crippen MR) is 72.5 cm³/mol. The summed E-state index contributed by atoms with van der Waals surface area (Å²) in [5, 5.41) is 9.23. The zero-order valence-electron chi connectivity index (χ0n) is 10.9. The van der Waals surface area contributed by atoms with Crippen molar-refractivity contribution < 1.29 is 4.74 Å². The van der Waals surface area contributed by atoms with Gasteiger partial charge in [0, 0.05) is 4.90 Å². The standard InChI is InChI=1S/C14H19NOS/c1-5-17-14-8-6-7-13(12(14)9-15)16-11(4)10(2)3/h6-8,10-11H,5H2,1-4H3. The Labute approximate surface area is 108 Å². The van der Waals surface area contributed by atoms with Crippen molar-refractivity contribution in [3.8, 4) is 11.8 Å². The van der Waals surface area contributed by atoms with Gasteiger partial charge in [0.05, 0.1) is 6.10 Å². The second kappa shape index (κ2) is 6.56. The third-order valence-corrected chi connectivity index (χ3v) is 3.59. The summed E-state index contributed by atoms with van der Waals surface area (Å²) in [6, 6.07) is 8.04. The molecular formula is C14H19NOS. The molecule has 0 aliphatic rings. The van der Waals surface area contributed by atoms with E-state index in [1.54, 1.807) is 11.8 Å². The van der Waals surface area contributed by atoms with Gasteiger partial charge in [0.1, 0.15) is 17.4 Å². The van der Waals surface area contributed by atoms with Crippen LogP contribution >= 0.6 is 11.8 Å². The van der Waals surface area contributed by atoms with Gasteiger partial charge in [0.2, 0.25) is 0 Å². The smallest absolute Gasteiger partial charge is 0.138 e. The third kappa shape index (κ3) is 3.67. The van der Waals surface area contributed by atoms with Crippen LogP contribution in [-0.4, -0.2) is 11.9 Å². The maximum atomic E-state index is 9.23. The average molecular weight is 249 g/mol. The highest BCUT2D eigenvalue weighted by Gasteiger charge is 2.14. The van der Waals surface area contributed by atoms with Gasteiger partial charge in [-0.2, -0.15) is 5.26 Å². The third-order valence-electron chi connectivity index (χ3n) is 2.65. The summed E-state index contributed by atoms with van der Waals surface area (Å²) in [5.74, 6) is 2.09. The molecule has 1 unspecified atom stereocenters. The van der Waals surface area contributed by atoms with Crippen LogP contribution < -0.4 is 4.74 Å². The molecule has 1 atom stereocenters. The average Bonchev–Trinajstić information content (AvgIpc) is 2.29. The molecule has 1 rings (SSSR count). The van der Waals surface area contributed by atoms with Crippen LogP contribution in [-0.2, 0) is 0 Å². The van der Waals surface area contributed by atoms with Crippen LogP contribution in [0.4, 0.5) is 0 Å². The Bertz CT molecular complexity index is 409. The number of nitriles is 1. The Hall–Kier alpha value is -1.14. The van der Waals surface area contributed by atoms with Crippen molar-refractivity contribution in [1.29, 1.82) is 5.26 Å². The molecule has 0 heterocycles. The summed E-state index contributed by atoms with van der Waals surface area (Å²) in [5.41, 5.74) is 0.659. The van der Waals surface area contributed by atoms with Crippen LogP contribution in [0.3, 0.4) is 0 Å². The normalized spacial score (nSPS) is 12.2. The fraction of sp³-hybridized carbons (Fsp3) is 0.500. The SMILES string of the molecule is CCSc1cccc(OC(C)C(C)C)c1C#N. The number of rotatable bonds is 5. The van der Waals surface area contributed by atoms with E-state index >= 15 is 0 Å². The minimum Gasteiger partial charge on any atom is -0.489 e. The van der Waals surface area contributed by atoms with Crippen LogP contribution in [0.25, 0.3) is 0 Å². The quantitative estimate of drug-likeness (QED) is 0.737. The Kier molecular flexibility index (Phi) is 5.37. The first-order chi connectivity index (χ1) is 8.10. The lowest BCUT2D eigenvalue weighted by Gasteiger charge is -2.19. The molecule has 3 heteroatoms. The largest absolute Gasteiger partial charge is 0.489 e. The van der Waals surface area contributed by atoms with Crippen molar-refractivity contribution in [1.82, 2.24) is 0 Å². The molecule has 0 aliphatic heterocycles. The van der Waals surface area contributed by atoms with E-state index in [0.29, 0.717) is 17.2 Å². The molecule has 0 amide bonds. The van der Waals surface area contributed by atoms with Crippen molar-refractivity contribution in [2.75, 3.05) is 5.75 Å². The second-order valence-corrected chi connectivity index (χ2v) is 5.55. The second-order valence-electron chi connectivity index (χ2n) is 4.24. The van der Waals surface area contributed by atoms with Crippen LogP contribution in [0.1, 0.15) is 33.3 Å². The summed E-state index contributed by atoms with van der Waals surface area (Å²) in [4.78, 5) is 1.00. The van der Waals surface area contributed by atoms with Gasteiger partial charge in [0.25, 0.3) is 0 Å². The molecule has 0 spiro atoms. The summed E-state index contributed by atoms with van der Waals surface area (Å²) in [6.45, 7) is 8.34. The first-order valence-corrected chi connectivity index (χ1v) is 6.91. The molecule has 1 aromatic rings. The van der Waals surface area contributed by atoms with Crippen LogP contribution in [0.15, 0.2) is 23.1 Å². The zero-order chi connectivity index (χ0) is 12.8. The molecular weight excluding hydrogens is 230 g/mol. The van der Waals surface area contributed by atoms with E-state index in [2.05, 4.69) is 26.8 Å². The summed E-state index contributed by atoms with van der Waals surface area (Å²) in [7, 11) is 0. The Balaban J connectivity index is 3.00. The van der Waals surface area contributed by atoms with E-state index in [-0.39, 0.29) is 6.10 Å². The molecule has 0 bridgehead atoms. The zero-order valence-corrected chi connectivity index (χ0v) is 11.7. The molecule has 17 heavy (non-hydrogen) atoms. The van der Waals surface area contributed by atoms with E-state index in [1.807, 2.05) is 25.1 Å². The van der Waals surface area contributed by atoms with Crippen molar-refractivity contribution in [2.24, 2.45) is 5.92 Å². The number of hydrogen-bond acceptors (Lipinski definition) is 3. The van der Waals surface area contributed by atoms with Gasteiger partial charge in [0.15, 0.2) is 0 Å². The number of benzene rings is 1. The van der Waals surface area contributed by atoms with E-state index in [4.69, 9.17) is 4.74 Å². The monoisotopic (exact) mass is 249 g/mol. The topological polar surface area (TPSA) is 33.0 Å². The van der Waals surface area contributed by atoms with Gasteiger partial charge < -0.3 is 4.74 Å². The fourth-order valence-corrected chi connectivity index (χ4v) is 2.11. The van der Waals surface area contributed by atoms with E-state index in [9.17, 15) is 5.26 Å². The van der Waals surface area contributed by atoms with Gasteiger partial charge in [-0.15, -0.1) is 11.8 Å². The van der Waals surface area contributed by atoms with Crippen molar-refractivity contribution in [3.63, 3.8) is 0 Å². The summed E-state index contributed by atoms with van der Waals surface area (Å²) < 4.78 is 5.85. The molecule has 0 radical (unpaired) electrons. The minimum atomic E-state index is 0.115. The van der Waals surface area contributed by atoms with Crippen molar-refractivity contribution in [3.05, 3.63) is 23.8 Å². The van der Waals surface area contributed by atoms with Crippen LogP contribution in [0.2, 0.25) is 0 Å². The minimum absolute atomic E-state index is 0.115. The Morgan fingerprint density at radius 2 is 2.06 bits per heavy atom. The van der Waals surface area contributed by atoms with Crippen LogP contribution in [0, 0.1) is 17.2 Å². The number of thioether (sulfide) groups is 1. The lowest BCUT2D eigenvalue weighted by Crippen LogP contribution is -2.19. The molecule has 0 N–H and O–H groups in total. The van der Waals surface area contributed by atoms with E-state index in [1.165, 1.54) is 0 Å². The van der Waals surface area contributed by atoms with Gasteiger partial charge in [-0.25, -0.2) is 0 Å². The fourth-order valence-electron chi connectivity index (χ4n) is 1.33. The highest BCUT2D eigenvalue weighted by molar-refractivity contribution is 7.99. The first kappa shape index (κ1) is 13.9. The maximum absolute atomic E-state index is 9.23. The van der Waals surface area contributed by atoms with Crippen molar-refractivity contribution >= 4 is 11.8 Å². The molecule has 0 saturated heterocycles. The van der Waals surface area contributed by atoms with Gasteiger partial charge in [-0.3, -0.25) is 0 Å². The number of ether oxygens (including phenoxy) is 1. The van der Waals surface area contributed by atoms with Crippen LogP contribution in [0.5, 0.6) is 5.75 Å². The molecule has 0 saturated carbocycles.